The van der Waals surface area contributed by atoms with Crippen LogP contribution in [0.15, 0.2) is 29.3 Å². The number of amides is 1. The van der Waals surface area contributed by atoms with Crippen molar-refractivity contribution in [2.75, 3.05) is 30.6 Å². The maximum absolute atomic E-state index is 15.2. The first-order chi connectivity index (χ1) is 18.9. The molecule has 15 heteroatoms. The van der Waals surface area contributed by atoms with Crippen LogP contribution in [0.4, 0.5) is 32.1 Å². The van der Waals surface area contributed by atoms with Gasteiger partial charge in [-0.25, -0.2) is 22.2 Å². The zero-order chi connectivity index (χ0) is 28.9. The number of hydrogen-bond acceptors (Lipinski definition) is 9. The summed E-state index contributed by atoms with van der Waals surface area (Å²) in [5.41, 5.74) is 1.99. The van der Waals surface area contributed by atoms with E-state index in [2.05, 4.69) is 30.9 Å². The molecule has 1 saturated carbocycles. The number of rotatable bonds is 8. The van der Waals surface area contributed by atoms with Crippen LogP contribution >= 0.6 is 0 Å². The van der Waals surface area contributed by atoms with Crippen molar-refractivity contribution in [3.8, 4) is 11.3 Å². The van der Waals surface area contributed by atoms with Gasteiger partial charge in [-0.05, 0) is 37.8 Å². The van der Waals surface area contributed by atoms with E-state index in [1.807, 2.05) is 6.92 Å². The second-order valence-corrected chi connectivity index (χ2v) is 11.7. The molecule has 1 amide bonds. The Morgan fingerprint density at radius 1 is 1.18 bits per heavy atom. The number of hydrogen-bond donors (Lipinski definition) is 3. The molecule has 0 aliphatic heterocycles. The molecule has 40 heavy (non-hydrogen) atoms. The van der Waals surface area contributed by atoms with E-state index < -0.39 is 38.0 Å². The monoisotopic (exact) mass is 571 g/mol. The Bertz CT molecular complexity index is 1720. The average Bonchev–Trinajstić information content (AvgIpc) is 3.53. The predicted molar refractivity (Wildman–Crippen MR) is 144 cm³/mol. The van der Waals surface area contributed by atoms with E-state index in [0.29, 0.717) is 28.5 Å². The highest BCUT2D eigenvalue weighted by atomic mass is 32.2. The molecule has 3 aromatic heterocycles. The Balaban J connectivity index is 1.74. The van der Waals surface area contributed by atoms with Gasteiger partial charge >= 0.3 is 0 Å². The summed E-state index contributed by atoms with van der Waals surface area (Å²) in [5, 5.41) is 17.1. The molecule has 0 atom stereocenters. The molecule has 12 nitrogen and oxygen atoms in total. The molecular weight excluding hydrogens is 544 g/mol. The molecule has 4 aromatic rings. The second kappa shape index (κ2) is 9.97. The van der Waals surface area contributed by atoms with Gasteiger partial charge in [0.25, 0.3) is 5.91 Å². The first-order valence-corrected chi connectivity index (χ1v) is 14.2. The van der Waals surface area contributed by atoms with Gasteiger partial charge in [0.2, 0.25) is 5.95 Å². The molecule has 210 valence electrons. The van der Waals surface area contributed by atoms with Gasteiger partial charge in [-0.1, -0.05) is 0 Å². The highest BCUT2D eigenvalue weighted by Crippen LogP contribution is 2.48. The fraction of sp³-hybridized carbons (Fsp3) is 0.320. The molecule has 1 aliphatic carbocycles. The molecule has 5 rings (SSSR count). The lowest BCUT2D eigenvalue weighted by atomic mass is 10.0. The number of benzene rings is 1. The molecule has 1 fully saturated rings. The van der Waals surface area contributed by atoms with Crippen molar-refractivity contribution in [3.63, 3.8) is 0 Å². The van der Waals surface area contributed by atoms with E-state index in [1.165, 1.54) is 25.0 Å². The third-order valence-corrected chi connectivity index (χ3v) is 7.65. The maximum Gasteiger partial charge on any atom is 0.269 e. The van der Waals surface area contributed by atoms with E-state index in [0.717, 1.165) is 41.8 Å². The molecular formula is C25H27F2N9O3S. The number of carbonyl (C=O) groups is 1. The maximum atomic E-state index is 15.2. The summed E-state index contributed by atoms with van der Waals surface area (Å²) in [6, 6.07) is 3.27. The van der Waals surface area contributed by atoms with E-state index in [1.54, 1.807) is 13.1 Å². The van der Waals surface area contributed by atoms with Gasteiger partial charge in [-0.15, -0.1) is 0 Å². The Morgan fingerprint density at radius 2 is 1.85 bits per heavy atom. The van der Waals surface area contributed by atoms with Crippen LogP contribution in [0.2, 0.25) is 0 Å². The molecule has 0 bridgehead atoms. The summed E-state index contributed by atoms with van der Waals surface area (Å²) in [4.78, 5) is 22.7. The number of aromatic amines is 1. The van der Waals surface area contributed by atoms with Gasteiger partial charge in [-0.3, -0.25) is 14.6 Å². The molecule has 0 saturated heterocycles. The largest absolute Gasteiger partial charge is 0.354 e. The van der Waals surface area contributed by atoms with Crippen LogP contribution in [-0.2, 0) is 16.9 Å². The molecule has 3 N–H and O–H groups in total. The Morgan fingerprint density at radius 3 is 2.40 bits per heavy atom. The quantitative estimate of drug-likeness (QED) is 0.289. The molecule has 0 unspecified atom stereocenters. The predicted octanol–water partition coefficient (Wildman–Crippen LogP) is 3.34. The number of aromatic nitrogens is 6. The number of anilines is 4. The third kappa shape index (κ3) is 4.99. The van der Waals surface area contributed by atoms with Gasteiger partial charge < -0.3 is 15.5 Å². The summed E-state index contributed by atoms with van der Waals surface area (Å²) < 4.78 is 55.6. The van der Waals surface area contributed by atoms with Crippen molar-refractivity contribution in [1.29, 1.82) is 0 Å². The lowest BCUT2D eigenvalue weighted by molar-refractivity contribution is 0.0954. The summed E-state index contributed by atoms with van der Waals surface area (Å²) in [5.74, 6) is -1.83. The van der Waals surface area contributed by atoms with Crippen molar-refractivity contribution in [2.24, 2.45) is 7.05 Å². The topological polar surface area (TPSA) is 151 Å². The standard InChI is InChI=1S/C25H27F2N9O3S/c1-12-8-18(34-33-12)30-23-19(13-6-7-13)20(15-11-29-36(4)21(15)24(37)28-2)31-25(32-23)35(3)22-16(26)9-14(10-17(22)27)40(5,38)39/h8-11,13H,6-7H2,1-5H3,(H,28,37)(H2,30,31,32,33,34). The number of sulfone groups is 1. The molecule has 0 spiro atoms. The summed E-state index contributed by atoms with van der Waals surface area (Å²) in [6.07, 6.45) is 4.08. The number of aryl methyl sites for hydroxylation is 2. The van der Waals surface area contributed by atoms with Gasteiger partial charge in [0.05, 0.1) is 22.3 Å². The summed E-state index contributed by atoms with van der Waals surface area (Å²) in [6.45, 7) is 1.83. The van der Waals surface area contributed by atoms with Gasteiger partial charge in [-0.2, -0.15) is 15.2 Å². The SMILES string of the molecule is CNC(=O)c1c(-c2nc(N(C)c3c(F)cc(S(C)(=O)=O)cc3F)nc(Nc3cc(C)[nH]n3)c2C2CC2)cnn1C. The summed E-state index contributed by atoms with van der Waals surface area (Å²) in [7, 11) is 0.631. The number of nitrogens with one attached hydrogen (secondary N) is 3. The number of carbonyl (C=O) groups excluding carboxylic acids is 1. The first kappa shape index (κ1) is 27.2. The van der Waals surface area contributed by atoms with Crippen LogP contribution in [-0.4, -0.2) is 64.6 Å². The normalized spacial score (nSPS) is 13.4. The highest BCUT2D eigenvalue weighted by molar-refractivity contribution is 7.90. The average molecular weight is 572 g/mol. The molecule has 1 aliphatic rings. The zero-order valence-electron chi connectivity index (χ0n) is 22.4. The fourth-order valence-corrected chi connectivity index (χ4v) is 5.08. The van der Waals surface area contributed by atoms with Crippen molar-refractivity contribution in [1.82, 2.24) is 35.3 Å². The Kier molecular flexibility index (Phi) is 6.77. The number of nitrogens with zero attached hydrogens (tertiary/aromatic N) is 6. The lowest BCUT2D eigenvalue weighted by Crippen LogP contribution is -2.22. The molecule has 3 heterocycles. The van der Waals surface area contributed by atoms with E-state index in [9.17, 15) is 13.2 Å². The highest BCUT2D eigenvalue weighted by Gasteiger charge is 2.35. The third-order valence-electron chi connectivity index (χ3n) is 6.56. The minimum absolute atomic E-state index is 0.0668. The summed E-state index contributed by atoms with van der Waals surface area (Å²) >= 11 is 0. The van der Waals surface area contributed by atoms with Crippen LogP contribution in [0.5, 0.6) is 0 Å². The van der Waals surface area contributed by atoms with Crippen LogP contribution < -0.4 is 15.5 Å². The van der Waals surface area contributed by atoms with Gasteiger partial charge in [0.1, 0.15) is 17.2 Å². The van der Waals surface area contributed by atoms with E-state index in [4.69, 9.17) is 4.98 Å². The first-order valence-electron chi connectivity index (χ1n) is 12.3. The fourth-order valence-electron chi connectivity index (χ4n) is 4.45. The van der Waals surface area contributed by atoms with E-state index >= 15 is 8.78 Å². The Hall–Kier alpha value is -4.40. The zero-order valence-corrected chi connectivity index (χ0v) is 23.2. The Labute approximate surface area is 228 Å². The molecule has 1 aromatic carbocycles. The van der Waals surface area contributed by atoms with Crippen LogP contribution in [0.25, 0.3) is 11.3 Å². The second-order valence-electron chi connectivity index (χ2n) is 9.65. The van der Waals surface area contributed by atoms with Crippen molar-refractivity contribution in [3.05, 3.63) is 53.0 Å². The van der Waals surface area contributed by atoms with Crippen molar-refractivity contribution in [2.45, 2.75) is 30.6 Å². The minimum atomic E-state index is -3.86. The van der Waals surface area contributed by atoms with Crippen molar-refractivity contribution < 1.29 is 22.0 Å². The van der Waals surface area contributed by atoms with Crippen LogP contribution in [0.1, 0.15) is 40.5 Å². The van der Waals surface area contributed by atoms with Gasteiger partial charge in [0, 0.05) is 44.7 Å². The molecule has 0 radical (unpaired) electrons. The van der Waals surface area contributed by atoms with E-state index in [-0.39, 0.29) is 17.6 Å². The lowest BCUT2D eigenvalue weighted by Gasteiger charge is -2.22. The van der Waals surface area contributed by atoms with Crippen LogP contribution in [0, 0.1) is 18.6 Å². The van der Waals surface area contributed by atoms with Gasteiger partial charge in [0.15, 0.2) is 27.3 Å². The van der Waals surface area contributed by atoms with Crippen molar-refractivity contribution >= 4 is 39.0 Å². The smallest absolute Gasteiger partial charge is 0.269 e. The number of halogens is 2. The number of H-pyrrole nitrogens is 1. The minimum Gasteiger partial charge on any atom is -0.354 e. The van der Waals surface area contributed by atoms with Crippen LogP contribution in [0.3, 0.4) is 0 Å².